The zero-order valence-corrected chi connectivity index (χ0v) is 13.4. The lowest BCUT2D eigenvalue weighted by molar-refractivity contribution is 0.886. The summed E-state index contributed by atoms with van der Waals surface area (Å²) in [5, 5.41) is 14.0. The van der Waals surface area contributed by atoms with Gasteiger partial charge in [0.05, 0.1) is 17.3 Å². The number of rotatable bonds is 2. The lowest BCUT2D eigenvalue weighted by atomic mass is 10.2. The van der Waals surface area contributed by atoms with E-state index in [2.05, 4.69) is 38.3 Å². The van der Waals surface area contributed by atoms with Crippen LogP contribution in [0.4, 0.5) is 0 Å². The van der Waals surface area contributed by atoms with Gasteiger partial charge in [-0.3, -0.25) is 9.38 Å². The summed E-state index contributed by atoms with van der Waals surface area (Å²) in [6.45, 7) is 2.05. The molecule has 0 bridgehead atoms. The van der Waals surface area contributed by atoms with Crippen LogP contribution in [0.1, 0.15) is 5.56 Å². The molecule has 0 amide bonds. The Labute approximate surface area is 142 Å². The summed E-state index contributed by atoms with van der Waals surface area (Å²) in [7, 11) is 0. The van der Waals surface area contributed by atoms with Crippen LogP contribution in [-0.4, -0.2) is 34.3 Å². The molecule has 0 radical (unpaired) electrons. The molecular weight excluding hydrogens is 314 g/mol. The predicted molar refractivity (Wildman–Crippen MR) is 93.4 cm³/mol. The van der Waals surface area contributed by atoms with Gasteiger partial charge in [-0.2, -0.15) is 5.10 Å². The fourth-order valence-corrected chi connectivity index (χ4v) is 2.99. The lowest BCUT2D eigenvalue weighted by Gasteiger charge is -2.06. The van der Waals surface area contributed by atoms with Gasteiger partial charge in [0.15, 0.2) is 17.1 Å². The van der Waals surface area contributed by atoms with E-state index in [1.807, 2.05) is 39.4 Å². The number of benzene rings is 1. The van der Waals surface area contributed by atoms with Crippen LogP contribution < -0.4 is 0 Å². The van der Waals surface area contributed by atoms with E-state index in [0.29, 0.717) is 5.82 Å². The molecule has 0 N–H and O–H groups in total. The second-order valence-electron chi connectivity index (χ2n) is 5.78. The van der Waals surface area contributed by atoms with Crippen molar-refractivity contribution in [3.63, 3.8) is 0 Å². The fraction of sp³-hybridized carbons (Fsp3) is 0.0556. The molecule has 4 aromatic heterocycles. The van der Waals surface area contributed by atoms with Gasteiger partial charge >= 0.3 is 0 Å². The number of aryl methyl sites for hydroxylation is 1. The molecule has 0 saturated heterocycles. The summed E-state index contributed by atoms with van der Waals surface area (Å²) < 4.78 is 3.70. The fourth-order valence-electron chi connectivity index (χ4n) is 2.99. The average molecular weight is 327 g/mol. The van der Waals surface area contributed by atoms with Gasteiger partial charge in [-0.1, -0.05) is 18.2 Å². The van der Waals surface area contributed by atoms with Crippen molar-refractivity contribution in [2.75, 3.05) is 0 Å². The molecule has 0 fully saturated rings. The minimum Gasteiger partial charge on any atom is -0.264 e. The molecule has 0 atom stereocenters. The zero-order chi connectivity index (χ0) is 16.8. The Morgan fingerprint density at radius 3 is 2.68 bits per heavy atom. The van der Waals surface area contributed by atoms with Gasteiger partial charge < -0.3 is 0 Å². The highest BCUT2D eigenvalue weighted by molar-refractivity contribution is 5.90. The Hall–Kier alpha value is -3.61. The Kier molecular flexibility index (Phi) is 2.87. The molecule has 0 spiro atoms. The first kappa shape index (κ1) is 13.8. The minimum atomic E-state index is 0.709. The Morgan fingerprint density at radius 2 is 1.84 bits per heavy atom. The molecular formula is C18H13N7. The van der Waals surface area contributed by atoms with E-state index in [1.54, 1.807) is 24.9 Å². The standard InChI is InChI=1S/C18H13N7/c1-12-5-2-3-7-15(12)25-17-14(10-21-25)18-23-22-16(24(18)11-20-17)13-6-4-8-19-9-13/h2-11H,1H3. The number of para-hydroxylation sites is 1. The van der Waals surface area contributed by atoms with Gasteiger partial charge in [0.1, 0.15) is 6.33 Å². The van der Waals surface area contributed by atoms with Gasteiger partial charge in [0.2, 0.25) is 0 Å². The maximum atomic E-state index is 4.61. The first-order valence-corrected chi connectivity index (χ1v) is 7.87. The molecule has 0 aliphatic carbocycles. The second-order valence-corrected chi connectivity index (χ2v) is 5.78. The quantitative estimate of drug-likeness (QED) is 0.498. The zero-order valence-electron chi connectivity index (χ0n) is 13.4. The molecule has 5 aromatic rings. The van der Waals surface area contributed by atoms with Crippen LogP contribution in [-0.2, 0) is 0 Å². The molecule has 5 rings (SSSR count). The summed E-state index contributed by atoms with van der Waals surface area (Å²) in [4.78, 5) is 8.75. The highest BCUT2D eigenvalue weighted by Gasteiger charge is 2.15. The molecule has 0 aliphatic heterocycles. The van der Waals surface area contributed by atoms with Gasteiger partial charge in [0.25, 0.3) is 0 Å². The van der Waals surface area contributed by atoms with Crippen molar-refractivity contribution in [2.24, 2.45) is 0 Å². The maximum Gasteiger partial charge on any atom is 0.175 e. The molecule has 120 valence electrons. The van der Waals surface area contributed by atoms with Crippen LogP contribution in [0.3, 0.4) is 0 Å². The van der Waals surface area contributed by atoms with E-state index in [1.165, 1.54) is 0 Å². The van der Waals surface area contributed by atoms with Crippen LogP contribution in [0.5, 0.6) is 0 Å². The summed E-state index contributed by atoms with van der Waals surface area (Å²) in [5.41, 5.74) is 4.51. The minimum absolute atomic E-state index is 0.709. The third-order valence-corrected chi connectivity index (χ3v) is 4.24. The number of hydrogen-bond donors (Lipinski definition) is 0. The van der Waals surface area contributed by atoms with Crippen molar-refractivity contribution in [3.05, 3.63) is 66.9 Å². The first-order chi connectivity index (χ1) is 12.3. The largest absolute Gasteiger partial charge is 0.264 e. The van der Waals surface area contributed by atoms with Crippen LogP contribution in [0.2, 0.25) is 0 Å². The number of pyridine rings is 1. The van der Waals surface area contributed by atoms with Crippen LogP contribution in [0.15, 0.2) is 61.3 Å². The highest BCUT2D eigenvalue weighted by Crippen LogP contribution is 2.24. The van der Waals surface area contributed by atoms with Crippen molar-refractivity contribution in [2.45, 2.75) is 6.92 Å². The monoisotopic (exact) mass is 327 g/mol. The normalized spacial score (nSPS) is 11.4. The number of aromatic nitrogens is 7. The van der Waals surface area contributed by atoms with Gasteiger partial charge in [-0.25, -0.2) is 9.67 Å². The van der Waals surface area contributed by atoms with E-state index in [0.717, 1.165) is 33.5 Å². The van der Waals surface area contributed by atoms with Crippen LogP contribution in [0.25, 0.3) is 33.8 Å². The molecule has 1 aromatic carbocycles. The molecule has 0 unspecified atom stereocenters. The van der Waals surface area contributed by atoms with E-state index in [9.17, 15) is 0 Å². The van der Waals surface area contributed by atoms with E-state index in [-0.39, 0.29) is 0 Å². The molecule has 0 aliphatic rings. The lowest BCUT2D eigenvalue weighted by Crippen LogP contribution is -2.00. The van der Waals surface area contributed by atoms with Gasteiger partial charge in [-0.15, -0.1) is 10.2 Å². The number of fused-ring (bicyclic) bond motifs is 3. The van der Waals surface area contributed by atoms with Crippen molar-refractivity contribution >= 4 is 16.7 Å². The Balaban J connectivity index is 1.76. The van der Waals surface area contributed by atoms with Crippen molar-refractivity contribution in [1.82, 2.24) is 34.3 Å². The third kappa shape index (κ3) is 2.02. The van der Waals surface area contributed by atoms with Gasteiger partial charge in [0, 0.05) is 18.0 Å². The SMILES string of the molecule is Cc1ccccc1-n1ncc2c1ncn1c(-c3cccnc3)nnc21. The third-order valence-electron chi connectivity index (χ3n) is 4.24. The summed E-state index contributed by atoms with van der Waals surface area (Å²) in [5.74, 6) is 0.709. The molecule has 7 nitrogen and oxygen atoms in total. The molecule has 25 heavy (non-hydrogen) atoms. The number of hydrogen-bond acceptors (Lipinski definition) is 5. The number of nitrogens with zero attached hydrogens (tertiary/aromatic N) is 7. The first-order valence-electron chi connectivity index (χ1n) is 7.87. The topological polar surface area (TPSA) is 73.8 Å². The summed E-state index contributed by atoms with van der Waals surface area (Å²) in [6, 6.07) is 11.9. The van der Waals surface area contributed by atoms with E-state index < -0.39 is 0 Å². The van der Waals surface area contributed by atoms with E-state index >= 15 is 0 Å². The average Bonchev–Trinajstić information content (AvgIpc) is 3.26. The second kappa shape index (κ2) is 5.20. The van der Waals surface area contributed by atoms with Gasteiger partial charge in [-0.05, 0) is 30.7 Å². The maximum absolute atomic E-state index is 4.61. The van der Waals surface area contributed by atoms with Crippen molar-refractivity contribution in [1.29, 1.82) is 0 Å². The Morgan fingerprint density at radius 1 is 0.920 bits per heavy atom. The predicted octanol–water partition coefficient (Wildman–Crippen LogP) is 2.83. The molecule has 7 heteroatoms. The van der Waals surface area contributed by atoms with E-state index in [4.69, 9.17) is 0 Å². The summed E-state index contributed by atoms with van der Waals surface area (Å²) >= 11 is 0. The molecule has 0 saturated carbocycles. The van der Waals surface area contributed by atoms with Crippen molar-refractivity contribution < 1.29 is 0 Å². The van der Waals surface area contributed by atoms with Crippen LogP contribution in [0, 0.1) is 6.92 Å². The van der Waals surface area contributed by atoms with Crippen LogP contribution >= 0.6 is 0 Å². The Bertz CT molecular complexity index is 1200. The summed E-state index contributed by atoms with van der Waals surface area (Å²) in [6.07, 6.45) is 7.01. The highest BCUT2D eigenvalue weighted by atomic mass is 15.3. The molecule has 4 heterocycles. The van der Waals surface area contributed by atoms with Crippen molar-refractivity contribution in [3.8, 4) is 17.1 Å². The smallest absolute Gasteiger partial charge is 0.175 e.